The van der Waals surface area contributed by atoms with E-state index in [9.17, 15) is 13.2 Å². The molecule has 0 radical (unpaired) electrons. The SMILES string of the molecule is CC(C)C(NS(=O)(=O)C(C)C(=O)O)c1ccccc1. The Balaban J connectivity index is 3.02. The molecule has 0 fully saturated rings. The van der Waals surface area contributed by atoms with Crippen molar-refractivity contribution in [3.63, 3.8) is 0 Å². The van der Waals surface area contributed by atoms with Gasteiger partial charge in [-0.15, -0.1) is 0 Å². The normalized spacial score (nSPS) is 15.2. The Morgan fingerprint density at radius 2 is 1.68 bits per heavy atom. The van der Waals surface area contributed by atoms with Gasteiger partial charge in [-0.3, -0.25) is 4.79 Å². The molecule has 0 aliphatic rings. The van der Waals surface area contributed by atoms with E-state index in [-0.39, 0.29) is 5.92 Å². The highest BCUT2D eigenvalue weighted by molar-refractivity contribution is 7.90. The van der Waals surface area contributed by atoms with Gasteiger partial charge in [0.15, 0.2) is 5.25 Å². The van der Waals surface area contributed by atoms with Crippen molar-refractivity contribution >= 4 is 16.0 Å². The van der Waals surface area contributed by atoms with E-state index < -0.39 is 27.3 Å². The molecule has 2 unspecified atom stereocenters. The summed E-state index contributed by atoms with van der Waals surface area (Å²) in [5.74, 6) is -1.35. The van der Waals surface area contributed by atoms with Crippen molar-refractivity contribution in [3.05, 3.63) is 35.9 Å². The molecule has 19 heavy (non-hydrogen) atoms. The van der Waals surface area contributed by atoms with Gasteiger partial charge in [-0.05, 0) is 18.4 Å². The van der Waals surface area contributed by atoms with Crippen LogP contribution < -0.4 is 4.72 Å². The highest BCUT2D eigenvalue weighted by atomic mass is 32.2. The number of hydrogen-bond donors (Lipinski definition) is 2. The fraction of sp³-hybridized carbons (Fsp3) is 0.462. The van der Waals surface area contributed by atoms with E-state index in [4.69, 9.17) is 5.11 Å². The topological polar surface area (TPSA) is 83.5 Å². The maximum Gasteiger partial charge on any atom is 0.323 e. The molecule has 5 nitrogen and oxygen atoms in total. The minimum absolute atomic E-state index is 0.0122. The van der Waals surface area contributed by atoms with Gasteiger partial charge in [0.1, 0.15) is 0 Å². The zero-order valence-corrected chi connectivity index (χ0v) is 12.0. The lowest BCUT2D eigenvalue weighted by Gasteiger charge is -2.23. The number of rotatable bonds is 6. The Bertz CT molecular complexity index is 525. The van der Waals surface area contributed by atoms with Crippen LogP contribution in [0, 0.1) is 5.92 Å². The molecule has 2 N–H and O–H groups in total. The largest absolute Gasteiger partial charge is 0.480 e. The van der Waals surface area contributed by atoms with Crippen LogP contribution in [-0.4, -0.2) is 24.7 Å². The highest BCUT2D eigenvalue weighted by Crippen LogP contribution is 2.23. The molecule has 0 amide bonds. The van der Waals surface area contributed by atoms with Crippen LogP contribution >= 0.6 is 0 Å². The first kappa shape index (κ1) is 15.7. The van der Waals surface area contributed by atoms with Gasteiger partial charge in [0.2, 0.25) is 10.0 Å². The summed E-state index contributed by atoms with van der Waals surface area (Å²) in [4.78, 5) is 10.8. The minimum atomic E-state index is -3.90. The van der Waals surface area contributed by atoms with Gasteiger partial charge in [0.25, 0.3) is 0 Å². The summed E-state index contributed by atoms with van der Waals surface area (Å²) in [6, 6.07) is 8.68. The summed E-state index contributed by atoms with van der Waals surface area (Å²) < 4.78 is 26.4. The van der Waals surface area contributed by atoms with Crippen LogP contribution in [0.2, 0.25) is 0 Å². The average molecular weight is 285 g/mol. The summed E-state index contributed by atoms with van der Waals surface area (Å²) >= 11 is 0. The fourth-order valence-electron chi connectivity index (χ4n) is 1.66. The number of aliphatic carboxylic acids is 1. The van der Waals surface area contributed by atoms with Crippen LogP contribution in [0.25, 0.3) is 0 Å². The number of nitrogens with one attached hydrogen (secondary N) is 1. The molecule has 0 aliphatic heterocycles. The molecule has 6 heteroatoms. The predicted octanol–water partition coefficient (Wildman–Crippen LogP) is 1.78. The maximum atomic E-state index is 12.0. The monoisotopic (exact) mass is 285 g/mol. The zero-order chi connectivity index (χ0) is 14.6. The third kappa shape index (κ3) is 4.04. The second-order valence-electron chi connectivity index (χ2n) is 4.78. The van der Waals surface area contributed by atoms with Gasteiger partial charge < -0.3 is 5.11 Å². The molecule has 0 saturated heterocycles. The van der Waals surface area contributed by atoms with Gasteiger partial charge in [-0.25, -0.2) is 13.1 Å². The Morgan fingerprint density at radius 1 is 1.16 bits per heavy atom. The lowest BCUT2D eigenvalue weighted by Crippen LogP contribution is -2.40. The number of carboxylic acid groups (broad SMARTS) is 1. The van der Waals surface area contributed by atoms with E-state index >= 15 is 0 Å². The third-order valence-corrected chi connectivity index (χ3v) is 4.64. The summed E-state index contributed by atoms with van der Waals surface area (Å²) in [5, 5.41) is 7.35. The minimum Gasteiger partial charge on any atom is -0.480 e. The summed E-state index contributed by atoms with van der Waals surface area (Å²) in [7, 11) is -3.90. The van der Waals surface area contributed by atoms with E-state index in [0.717, 1.165) is 12.5 Å². The third-order valence-electron chi connectivity index (χ3n) is 2.93. The lowest BCUT2D eigenvalue weighted by atomic mass is 9.97. The Hall–Kier alpha value is -1.40. The summed E-state index contributed by atoms with van der Waals surface area (Å²) in [6.45, 7) is 4.92. The van der Waals surface area contributed by atoms with Gasteiger partial charge in [0, 0.05) is 6.04 Å². The van der Waals surface area contributed by atoms with Crippen molar-refractivity contribution < 1.29 is 18.3 Å². The maximum absolute atomic E-state index is 12.0. The first-order valence-electron chi connectivity index (χ1n) is 6.04. The van der Waals surface area contributed by atoms with Crippen LogP contribution in [0.15, 0.2) is 30.3 Å². The fourth-order valence-corrected chi connectivity index (χ4v) is 2.89. The molecule has 2 atom stereocenters. The number of sulfonamides is 1. The van der Waals surface area contributed by atoms with Crippen molar-refractivity contribution in [2.45, 2.75) is 32.1 Å². The molecule has 1 aromatic rings. The van der Waals surface area contributed by atoms with Crippen LogP contribution in [0.4, 0.5) is 0 Å². The van der Waals surface area contributed by atoms with Crippen molar-refractivity contribution in [3.8, 4) is 0 Å². The molecule has 1 rings (SSSR count). The molecular formula is C13H19NO4S. The molecule has 0 aliphatic carbocycles. The van der Waals surface area contributed by atoms with E-state index in [1.807, 2.05) is 44.2 Å². The molecule has 0 spiro atoms. The molecule has 0 bridgehead atoms. The van der Waals surface area contributed by atoms with E-state index in [1.165, 1.54) is 0 Å². The summed E-state index contributed by atoms with van der Waals surface area (Å²) in [6.07, 6.45) is 0. The van der Waals surface area contributed by atoms with Crippen molar-refractivity contribution in [2.75, 3.05) is 0 Å². The van der Waals surface area contributed by atoms with E-state index in [2.05, 4.69) is 4.72 Å². The van der Waals surface area contributed by atoms with Gasteiger partial charge in [-0.2, -0.15) is 0 Å². The standard InChI is InChI=1S/C13H19NO4S/c1-9(2)12(11-7-5-4-6-8-11)14-19(17,18)10(3)13(15)16/h4-10,12,14H,1-3H3,(H,15,16). The van der Waals surface area contributed by atoms with Crippen LogP contribution in [0.5, 0.6) is 0 Å². The smallest absolute Gasteiger partial charge is 0.323 e. The first-order chi connectivity index (χ1) is 8.75. The zero-order valence-electron chi connectivity index (χ0n) is 11.2. The molecule has 0 saturated carbocycles. The number of carboxylic acids is 1. The lowest BCUT2D eigenvalue weighted by molar-refractivity contribution is -0.136. The highest BCUT2D eigenvalue weighted by Gasteiger charge is 2.31. The van der Waals surface area contributed by atoms with Crippen LogP contribution in [0.1, 0.15) is 32.4 Å². The first-order valence-corrected chi connectivity index (χ1v) is 7.59. The van der Waals surface area contributed by atoms with Crippen molar-refractivity contribution in [1.29, 1.82) is 0 Å². The van der Waals surface area contributed by atoms with Gasteiger partial charge >= 0.3 is 5.97 Å². The molecule has 1 aromatic carbocycles. The molecule has 0 aromatic heterocycles. The predicted molar refractivity (Wildman–Crippen MR) is 73.2 cm³/mol. The molecule has 106 valence electrons. The van der Waals surface area contributed by atoms with Crippen LogP contribution in [-0.2, 0) is 14.8 Å². The summed E-state index contributed by atoms with van der Waals surface area (Å²) in [5.41, 5.74) is 0.818. The number of carbonyl (C=O) groups is 1. The van der Waals surface area contributed by atoms with Crippen LogP contribution in [0.3, 0.4) is 0 Å². The quantitative estimate of drug-likeness (QED) is 0.834. The average Bonchev–Trinajstić information content (AvgIpc) is 2.35. The number of hydrogen-bond acceptors (Lipinski definition) is 3. The second-order valence-corrected chi connectivity index (χ2v) is 6.81. The van der Waals surface area contributed by atoms with Crippen molar-refractivity contribution in [1.82, 2.24) is 4.72 Å². The van der Waals surface area contributed by atoms with E-state index in [1.54, 1.807) is 0 Å². The Labute approximate surface area is 113 Å². The number of benzene rings is 1. The second kappa shape index (κ2) is 6.16. The molecule has 0 heterocycles. The Kier molecular flexibility index (Phi) is 5.08. The van der Waals surface area contributed by atoms with Gasteiger partial charge in [0.05, 0.1) is 0 Å². The molecular weight excluding hydrogens is 266 g/mol. The van der Waals surface area contributed by atoms with E-state index in [0.29, 0.717) is 0 Å². The van der Waals surface area contributed by atoms with Gasteiger partial charge in [-0.1, -0.05) is 44.2 Å². The Morgan fingerprint density at radius 3 is 2.11 bits per heavy atom. The van der Waals surface area contributed by atoms with Crippen molar-refractivity contribution in [2.24, 2.45) is 5.92 Å².